The first-order chi connectivity index (χ1) is 6.97. The van der Waals surface area contributed by atoms with Crippen molar-refractivity contribution < 1.29 is 8.42 Å². The average Bonchev–Trinajstić information content (AvgIpc) is 2.46. The number of nitrogens with one attached hydrogen (secondary N) is 1. The lowest BCUT2D eigenvalue weighted by molar-refractivity contribution is 0.587. The van der Waals surface area contributed by atoms with Crippen molar-refractivity contribution in [3.63, 3.8) is 0 Å². The van der Waals surface area contributed by atoms with Crippen LogP contribution in [0.1, 0.15) is 12.6 Å². The first-order valence-electron chi connectivity index (χ1n) is 3.99. The van der Waals surface area contributed by atoms with Crippen molar-refractivity contribution in [1.82, 2.24) is 9.71 Å². The van der Waals surface area contributed by atoms with Gasteiger partial charge in [0.2, 0.25) is 0 Å². The van der Waals surface area contributed by atoms with Gasteiger partial charge < -0.3 is 0 Å². The van der Waals surface area contributed by atoms with Gasteiger partial charge in [-0.1, -0.05) is 28.9 Å². The fraction of sp³-hybridized carbons (Fsp3) is 0.375. The number of thiazole rings is 1. The fourth-order valence-corrected chi connectivity index (χ4v) is 3.59. The Morgan fingerprint density at radius 3 is 2.73 bits per heavy atom. The Hall–Kier alpha value is -0.610. The summed E-state index contributed by atoms with van der Waals surface area (Å²) in [6.07, 6.45) is 0. The summed E-state index contributed by atoms with van der Waals surface area (Å²) in [5.74, 6) is 5.21. The van der Waals surface area contributed by atoms with E-state index in [1.807, 2.05) is 0 Å². The smallest absolute Gasteiger partial charge is 0.229 e. The van der Waals surface area contributed by atoms with Gasteiger partial charge in [-0.15, -0.1) is 5.92 Å². The zero-order valence-electron chi connectivity index (χ0n) is 8.17. The van der Waals surface area contributed by atoms with Crippen molar-refractivity contribution >= 4 is 33.0 Å². The second-order valence-corrected chi connectivity index (χ2v) is 6.13. The Kier molecular flexibility index (Phi) is 4.11. The molecule has 1 heterocycles. The maximum absolute atomic E-state index is 11.7. The highest BCUT2D eigenvalue weighted by Gasteiger charge is 2.20. The van der Waals surface area contributed by atoms with E-state index in [0.29, 0.717) is 5.69 Å². The van der Waals surface area contributed by atoms with Crippen LogP contribution < -0.4 is 4.72 Å². The molecule has 0 unspecified atom stereocenters. The molecule has 0 atom stereocenters. The monoisotopic (exact) mass is 264 g/mol. The minimum atomic E-state index is -3.52. The summed E-state index contributed by atoms with van der Waals surface area (Å²) in [5, 5.41) is 0. The molecule has 0 saturated carbocycles. The van der Waals surface area contributed by atoms with E-state index in [9.17, 15) is 8.42 Å². The maximum Gasteiger partial charge on any atom is 0.252 e. The van der Waals surface area contributed by atoms with E-state index < -0.39 is 10.0 Å². The van der Waals surface area contributed by atoms with Crippen LogP contribution >= 0.6 is 22.9 Å². The molecule has 0 bridgehead atoms. The van der Waals surface area contributed by atoms with Crippen molar-refractivity contribution in [1.29, 1.82) is 0 Å². The molecule has 4 nitrogen and oxygen atoms in total. The van der Waals surface area contributed by atoms with Gasteiger partial charge in [-0.05, 0) is 13.8 Å². The van der Waals surface area contributed by atoms with Crippen molar-refractivity contribution in [3.8, 4) is 11.8 Å². The lowest BCUT2D eigenvalue weighted by Crippen LogP contribution is -2.23. The predicted octanol–water partition coefficient (Wildman–Crippen LogP) is 1.41. The largest absolute Gasteiger partial charge is 0.252 e. The summed E-state index contributed by atoms with van der Waals surface area (Å²) in [6.45, 7) is 3.33. The molecule has 0 saturated heterocycles. The van der Waals surface area contributed by atoms with Gasteiger partial charge in [-0.3, -0.25) is 0 Å². The van der Waals surface area contributed by atoms with Crippen molar-refractivity contribution in [2.75, 3.05) is 6.54 Å². The average molecular weight is 265 g/mol. The highest BCUT2D eigenvalue weighted by Crippen LogP contribution is 2.26. The van der Waals surface area contributed by atoms with Crippen LogP contribution in [0, 0.1) is 18.8 Å². The number of aromatic nitrogens is 1. The lowest BCUT2D eigenvalue weighted by atomic mass is 10.6. The first-order valence-corrected chi connectivity index (χ1v) is 6.67. The Balaban J connectivity index is 2.94. The third-order valence-electron chi connectivity index (χ3n) is 1.50. The molecule has 0 aliphatic rings. The van der Waals surface area contributed by atoms with Crippen LogP contribution in [-0.4, -0.2) is 19.9 Å². The number of sulfonamides is 1. The van der Waals surface area contributed by atoms with Crippen LogP contribution in [0.4, 0.5) is 0 Å². The number of aryl methyl sites for hydroxylation is 1. The van der Waals surface area contributed by atoms with Crippen LogP contribution in [0.2, 0.25) is 4.47 Å². The third-order valence-corrected chi connectivity index (χ3v) is 4.77. The molecule has 0 aliphatic carbocycles. The summed E-state index contributed by atoms with van der Waals surface area (Å²) in [6, 6.07) is 0. The van der Waals surface area contributed by atoms with E-state index in [2.05, 4.69) is 21.5 Å². The third kappa shape index (κ3) is 3.18. The van der Waals surface area contributed by atoms with Gasteiger partial charge in [-0.2, -0.15) is 4.72 Å². The minimum Gasteiger partial charge on any atom is -0.229 e. The van der Waals surface area contributed by atoms with Crippen LogP contribution in [0.15, 0.2) is 4.21 Å². The molecule has 0 aromatic carbocycles. The van der Waals surface area contributed by atoms with Crippen molar-refractivity contribution in [2.45, 2.75) is 18.1 Å². The van der Waals surface area contributed by atoms with Gasteiger partial charge in [0.1, 0.15) is 0 Å². The molecule has 0 radical (unpaired) electrons. The molecular formula is C8H9ClN2O2S2. The van der Waals surface area contributed by atoms with E-state index >= 15 is 0 Å². The van der Waals surface area contributed by atoms with Gasteiger partial charge in [0.05, 0.1) is 12.2 Å². The van der Waals surface area contributed by atoms with E-state index in [0.717, 1.165) is 11.3 Å². The van der Waals surface area contributed by atoms with Crippen LogP contribution in [0.5, 0.6) is 0 Å². The summed E-state index contributed by atoms with van der Waals surface area (Å²) in [7, 11) is -3.52. The first kappa shape index (κ1) is 12.5. The Morgan fingerprint density at radius 1 is 1.60 bits per heavy atom. The van der Waals surface area contributed by atoms with Gasteiger partial charge >= 0.3 is 0 Å². The van der Waals surface area contributed by atoms with E-state index in [1.54, 1.807) is 13.8 Å². The predicted molar refractivity (Wildman–Crippen MR) is 60.5 cm³/mol. The highest BCUT2D eigenvalue weighted by atomic mass is 35.5. The Morgan fingerprint density at radius 2 is 2.27 bits per heavy atom. The second kappa shape index (κ2) is 4.94. The summed E-state index contributed by atoms with van der Waals surface area (Å²) >= 11 is 6.56. The fourth-order valence-electron chi connectivity index (χ4n) is 0.885. The van der Waals surface area contributed by atoms with Crippen LogP contribution in [-0.2, 0) is 10.0 Å². The molecule has 7 heteroatoms. The molecule has 1 N–H and O–H groups in total. The second-order valence-electron chi connectivity index (χ2n) is 2.59. The Bertz CT molecular complexity index is 510. The van der Waals surface area contributed by atoms with Crippen LogP contribution in [0.25, 0.3) is 0 Å². The standard InChI is InChI=1S/C8H9ClN2O2S2/c1-3-4-5-10-15(12,13)7-6(2)11-8(9)14-7/h10H,5H2,1-2H3. The van der Waals surface area contributed by atoms with Gasteiger partial charge in [0.25, 0.3) is 10.0 Å². The highest BCUT2D eigenvalue weighted by molar-refractivity contribution is 7.91. The number of halogens is 1. The molecule has 0 aliphatic heterocycles. The lowest BCUT2D eigenvalue weighted by Gasteiger charge is -2.00. The number of hydrogen-bond donors (Lipinski definition) is 1. The molecule has 0 fully saturated rings. The van der Waals surface area contributed by atoms with Gasteiger partial charge in [-0.25, -0.2) is 13.4 Å². The molecule has 1 aromatic rings. The Labute approximate surface area is 97.7 Å². The SMILES string of the molecule is CC#CCNS(=O)(=O)c1sc(Cl)nc1C. The molecule has 82 valence electrons. The normalized spacial score (nSPS) is 10.9. The summed E-state index contributed by atoms with van der Waals surface area (Å²) < 4.78 is 26.0. The molecule has 0 spiro atoms. The number of rotatable bonds is 3. The summed E-state index contributed by atoms with van der Waals surface area (Å²) in [5.41, 5.74) is 0.405. The van der Waals surface area contributed by atoms with E-state index in [4.69, 9.17) is 11.6 Å². The molecule has 15 heavy (non-hydrogen) atoms. The molecule has 1 rings (SSSR count). The van der Waals surface area contributed by atoms with E-state index in [1.165, 1.54) is 0 Å². The molecule has 1 aromatic heterocycles. The zero-order chi connectivity index (χ0) is 11.5. The van der Waals surface area contributed by atoms with Gasteiger partial charge in [0, 0.05) is 0 Å². The van der Waals surface area contributed by atoms with Gasteiger partial charge in [0.15, 0.2) is 8.68 Å². The van der Waals surface area contributed by atoms with Crippen LogP contribution in [0.3, 0.4) is 0 Å². The molecule has 0 amide bonds. The topological polar surface area (TPSA) is 59.1 Å². The quantitative estimate of drug-likeness (QED) is 0.840. The number of nitrogens with zero attached hydrogens (tertiary/aromatic N) is 1. The minimum absolute atomic E-state index is 0.0911. The number of hydrogen-bond acceptors (Lipinski definition) is 4. The molecular weight excluding hydrogens is 256 g/mol. The zero-order valence-corrected chi connectivity index (χ0v) is 10.6. The van der Waals surface area contributed by atoms with E-state index in [-0.39, 0.29) is 15.2 Å². The van der Waals surface area contributed by atoms with Crippen molar-refractivity contribution in [3.05, 3.63) is 10.2 Å². The summed E-state index contributed by atoms with van der Waals surface area (Å²) in [4.78, 5) is 3.83. The van der Waals surface area contributed by atoms with Crippen molar-refractivity contribution in [2.24, 2.45) is 0 Å². The maximum atomic E-state index is 11.7.